The van der Waals surface area contributed by atoms with Gasteiger partial charge >= 0.3 is 0 Å². The Balaban J connectivity index is 1.26. The van der Waals surface area contributed by atoms with Gasteiger partial charge < -0.3 is 15.1 Å². The Kier molecular flexibility index (Phi) is 7.12. The van der Waals surface area contributed by atoms with Gasteiger partial charge in [-0.25, -0.2) is 4.98 Å². The number of hydrogen-bond acceptors (Lipinski definition) is 6. The molecule has 0 spiro atoms. The van der Waals surface area contributed by atoms with Gasteiger partial charge in [-0.05, 0) is 50.2 Å². The third-order valence-electron chi connectivity index (χ3n) is 5.27. The summed E-state index contributed by atoms with van der Waals surface area (Å²) in [5.41, 5.74) is 4.70. The van der Waals surface area contributed by atoms with Crippen molar-refractivity contribution in [1.29, 1.82) is 0 Å². The molecule has 0 aliphatic carbocycles. The van der Waals surface area contributed by atoms with E-state index in [2.05, 4.69) is 15.2 Å². The molecular weight excluding hydrogens is 440 g/mol. The summed E-state index contributed by atoms with van der Waals surface area (Å²) in [5, 5.41) is 4.92. The second-order valence-corrected chi connectivity index (χ2v) is 9.87. The molecule has 166 valence electrons. The Hall–Kier alpha value is -2.84. The number of thiazole rings is 1. The standard InChI is InChI=1S/C24H26N4O2S2/c1-17-4-3-5-19(14-17)23(30)28-12-10-27(11-13-28)21-8-6-20(7-9-21)26-22(29)16-32-24-25-18(2)15-31-24/h3-9,14-15H,10-13,16H2,1-2H3,(H,26,29). The van der Waals surface area contributed by atoms with E-state index in [-0.39, 0.29) is 11.8 Å². The van der Waals surface area contributed by atoms with Crippen molar-refractivity contribution in [2.75, 3.05) is 42.1 Å². The minimum Gasteiger partial charge on any atom is -0.368 e. The van der Waals surface area contributed by atoms with Crippen LogP contribution in [0.15, 0.2) is 58.3 Å². The topological polar surface area (TPSA) is 65.5 Å². The summed E-state index contributed by atoms with van der Waals surface area (Å²) in [5.74, 6) is 0.391. The molecule has 2 heterocycles. The molecule has 3 aromatic rings. The molecule has 1 aliphatic heterocycles. The molecule has 0 bridgehead atoms. The lowest BCUT2D eigenvalue weighted by atomic mass is 10.1. The molecule has 32 heavy (non-hydrogen) atoms. The van der Waals surface area contributed by atoms with E-state index in [1.54, 1.807) is 11.3 Å². The number of aromatic nitrogens is 1. The number of aryl methyl sites for hydroxylation is 2. The zero-order valence-corrected chi connectivity index (χ0v) is 19.8. The summed E-state index contributed by atoms with van der Waals surface area (Å²) in [7, 11) is 0. The van der Waals surface area contributed by atoms with E-state index in [0.717, 1.165) is 45.6 Å². The van der Waals surface area contributed by atoms with Crippen molar-refractivity contribution in [3.05, 3.63) is 70.7 Å². The van der Waals surface area contributed by atoms with E-state index >= 15 is 0 Å². The first-order chi connectivity index (χ1) is 15.5. The van der Waals surface area contributed by atoms with Gasteiger partial charge in [0.15, 0.2) is 4.34 Å². The van der Waals surface area contributed by atoms with Crippen molar-refractivity contribution in [3.63, 3.8) is 0 Å². The number of nitrogens with one attached hydrogen (secondary N) is 1. The third kappa shape index (κ3) is 5.69. The van der Waals surface area contributed by atoms with Crippen molar-refractivity contribution >= 4 is 46.3 Å². The quantitative estimate of drug-likeness (QED) is 0.544. The molecule has 0 unspecified atom stereocenters. The van der Waals surface area contributed by atoms with Crippen molar-refractivity contribution < 1.29 is 9.59 Å². The molecule has 1 saturated heterocycles. The second kappa shape index (κ2) is 10.2. The minimum absolute atomic E-state index is 0.0427. The zero-order chi connectivity index (χ0) is 22.5. The molecule has 8 heteroatoms. The molecule has 0 radical (unpaired) electrons. The first kappa shape index (κ1) is 22.4. The first-order valence-electron chi connectivity index (χ1n) is 10.5. The monoisotopic (exact) mass is 466 g/mol. The number of carbonyl (C=O) groups excluding carboxylic acids is 2. The van der Waals surface area contributed by atoms with Gasteiger partial charge in [0.05, 0.1) is 5.75 Å². The van der Waals surface area contributed by atoms with Gasteiger partial charge in [-0.1, -0.05) is 29.5 Å². The van der Waals surface area contributed by atoms with E-state index < -0.39 is 0 Å². The van der Waals surface area contributed by atoms with Crippen LogP contribution in [0.3, 0.4) is 0 Å². The normalized spacial score (nSPS) is 13.8. The minimum atomic E-state index is -0.0427. The van der Waals surface area contributed by atoms with Crippen LogP contribution in [-0.4, -0.2) is 53.6 Å². The molecule has 0 saturated carbocycles. The highest BCUT2D eigenvalue weighted by Gasteiger charge is 2.22. The average molecular weight is 467 g/mol. The van der Waals surface area contributed by atoms with Crippen LogP contribution in [0, 0.1) is 13.8 Å². The summed E-state index contributed by atoms with van der Waals surface area (Å²) in [4.78, 5) is 33.5. The molecular formula is C24H26N4O2S2. The Labute approximate surface area is 196 Å². The fourth-order valence-electron chi connectivity index (χ4n) is 3.61. The van der Waals surface area contributed by atoms with E-state index in [1.165, 1.54) is 11.8 Å². The number of benzene rings is 2. The Morgan fingerprint density at radius 1 is 1.06 bits per heavy atom. The Bertz CT molecular complexity index is 1090. The number of rotatable bonds is 6. The van der Waals surface area contributed by atoms with Crippen molar-refractivity contribution in [2.45, 2.75) is 18.2 Å². The molecule has 1 aromatic heterocycles. The number of nitrogens with zero attached hydrogens (tertiary/aromatic N) is 3. The number of anilines is 2. The first-order valence-corrected chi connectivity index (χ1v) is 12.4. The van der Waals surface area contributed by atoms with Gasteiger partial charge in [-0.2, -0.15) is 0 Å². The van der Waals surface area contributed by atoms with Crippen LogP contribution in [0.25, 0.3) is 0 Å². The number of amides is 2. The highest BCUT2D eigenvalue weighted by atomic mass is 32.2. The van der Waals surface area contributed by atoms with Gasteiger partial charge in [-0.3, -0.25) is 9.59 Å². The summed E-state index contributed by atoms with van der Waals surface area (Å²) in [6.07, 6.45) is 0. The Morgan fingerprint density at radius 2 is 1.81 bits per heavy atom. The van der Waals surface area contributed by atoms with E-state index in [9.17, 15) is 9.59 Å². The third-order valence-corrected chi connectivity index (χ3v) is 7.41. The van der Waals surface area contributed by atoms with Crippen LogP contribution in [0.4, 0.5) is 11.4 Å². The van der Waals surface area contributed by atoms with E-state index in [0.29, 0.717) is 18.8 Å². The Morgan fingerprint density at radius 3 is 2.47 bits per heavy atom. The molecule has 2 amide bonds. The maximum Gasteiger partial charge on any atom is 0.253 e. The van der Waals surface area contributed by atoms with Gasteiger partial charge in [0.2, 0.25) is 5.91 Å². The van der Waals surface area contributed by atoms with Crippen molar-refractivity contribution in [1.82, 2.24) is 9.88 Å². The molecule has 1 N–H and O–H groups in total. The fraction of sp³-hybridized carbons (Fsp3) is 0.292. The lowest BCUT2D eigenvalue weighted by Gasteiger charge is -2.36. The van der Waals surface area contributed by atoms with Crippen molar-refractivity contribution in [3.8, 4) is 0 Å². The van der Waals surface area contributed by atoms with Crippen LogP contribution < -0.4 is 10.2 Å². The highest BCUT2D eigenvalue weighted by Crippen LogP contribution is 2.23. The van der Waals surface area contributed by atoms with Crippen LogP contribution in [0.1, 0.15) is 21.6 Å². The maximum atomic E-state index is 12.7. The largest absolute Gasteiger partial charge is 0.368 e. The summed E-state index contributed by atoms with van der Waals surface area (Å²) < 4.78 is 0.910. The van der Waals surface area contributed by atoms with E-state index in [4.69, 9.17) is 0 Å². The summed E-state index contributed by atoms with van der Waals surface area (Å²) >= 11 is 3.01. The second-order valence-electron chi connectivity index (χ2n) is 7.79. The van der Waals surface area contributed by atoms with Crippen LogP contribution in [-0.2, 0) is 4.79 Å². The smallest absolute Gasteiger partial charge is 0.253 e. The zero-order valence-electron chi connectivity index (χ0n) is 18.2. The molecule has 1 aliphatic rings. The number of hydrogen-bond donors (Lipinski definition) is 1. The van der Waals surface area contributed by atoms with Crippen molar-refractivity contribution in [2.24, 2.45) is 0 Å². The van der Waals surface area contributed by atoms with Crippen LogP contribution >= 0.6 is 23.1 Å². The number of carbonyl (C=O) groups is 2. The number of thioether (sulfide) groups is 1. The fourth-order valence-corrected chi connectivity index (χ4v) is 5.26. The van der Waals surface area contributed by atoms with Gasteiger partial charge in [-0.15, -0.1) is 11.3 Å². The lowest BCUT2D eigenvalue weighted by molar-refractivity contribution is -0.113. The van der Waals surface area contributed by atoms with Gasteiger partial charge in [0.25, 0.3) is 5.91 Å². The predicted molar refractivity (Wildman–Crippen MR) is 132 cm³/mol. The highest BCUT2D eigenvalue weighted by molar-refractivity contribution is 8.01. The molecule has 2 aromatic carbocycles. The average Bonchev–Trinajstić information content (AvgIpc) is 3.23. The molecule has 6 nitrogen and oxygen atoms in total. The SMILES string of the molecule is Cc1cccc(C(=O)N2CCN(c3ccc(NC(=O)CSc4nc(C)cs4)cc3)CC2)c1. The number of piperazine rings is 1. The van der Waals surface area contributed by atoms with Crippen LogP contribution in [0.5, 0.6) is 0 Å². The molecule has 4 rings (SSSR count). The summed E-state index contributed by atoms with van der Waals surface area (Å²) in [6, 6.07) is 15.6. The molecule has 0 atom stereocenters. The lowest BCUT2D eigenvalue weighted by Crippen LogP contribution is -2.48. The van der Waals surface area contributed by atoms with Crippen LogP contribution in [0.2, 0.25) is 0 Å². The van der Waals surface area contributed by atoms with E-state index in [1.807, 2.05) is 72.7 Å². The van der Waals surface area contributed by atoms with Gasteiger partial charge in [0, 0.05) is 54.2 Å². The van der Waals surface area contributed by atoms with Gasteiger partial charge in [0.1, 0.15) is 0 Å². The molecule has 1 fully saturated rings. The maximum absolute atomic E-state index is 12.7. The summed E-state index contributed by atoms with van der Waals surface area (Å²) in [6.45, 7) is 6.91. The predicted octanol–water partition coefficient (Wildman–Crippen LogP) is 4.45.